The third-order valence-electron chi connectivity index (χ3n) is 3.14. The molecule has 0 aliphatic heterocycles. The van der Waals surface area contributed by atoms with Crippen molar-refractivity contribution in [3.63, 3.8) is 0 Å². The van der Waals surface area contributed by atoms with Crippen LogP contribution >= 0.6 is 0 Å². The number of aromatic nitrogens is 1. The highest BCUT2D eigenvalue weighted by atomic mass is 16.5. The van der Waals surface area contributed by atoms with Crippen LogP contribution in [0.4, 0.5) is 5.82 Å². The number of nitrogens with zero attached hydrogens (tertiary/aromatic N) is 2. The molecule has 0 bridgehead atoms. The summed E-state index contributed by atoms with van der Waals surface area (Å²) in [6.45, 7) is 3.95. The Morgan fingerprint density at radius 3 is 2.70 bits per heavy atom. The molecule has 1 aromatic carbocycles. The highest BCUT2D eigenvalue weighted by molar-refractivity contribution is 6.06. The molecule has 0 saturated carbocycles. The normalized spacial score (nSPS) is 10.7. The van der Waals surface area contributed by atoms with Crippen molar-refractivity contribution in [2.75, 3.05) is 31.7 Å². The summed E-state index contributed by atoms with van der Waals surface area (Å²) in [7, 11) is 1.92. The zero-order valence-electron chi connectivity index (χ0n) is 11.7. The van der Waals surface area contributed by atoms with Crippen molar-refractivity contribution in [1.29, 1.82) is 0 Å². The van der Waals surface area contributed by atoms with Gasteiger partial charge in [0.25, 0.3) is 0 Å². The maximum absolute atomic E-state index is 11.2. The van der Waals surface area contributed by atoms with Gasteiger partial charge in [-0.25, -0.2) is 9.78 Å². The van der Waals surface area contributed by atoms with E-state index >= 15 is 0 Å². The molecule has 0 fully saturated rings. The summed E-state index contributed by atoms with van der Waals surface area (Å²) < 4.78 is 5.34. The highest BCUT2D eigenvalue weighted by Crippen LogP contribution is 2.26. The summed E-state index contributed by atoms with van der Waals surface area (Å²) in [5, 5.41) is 10.8. The Bertz CT molecular complexity index is 613. The van der Waals surface area contributed by atoms with Gasteiger partial charge in [0.2, 0.25) is 0 Å². The lowest BCUT2D eigenvalue weighted by Gasteiger charge is -2.20. The second-order valence-corrected chi connectivity index (χ2v) is 4.46. The fourth-order valence-electron chi connectivity index (χ4n) is 2.10. The first-order chi connectivity index (χ1) is 9.65. The summed E-state index contributed by atoms with van der Waals surface area (Å²) in [4.78, 5) is 17.5. The van der Waals surface area contributed by atoms with Gasteiger partial charge in [0.05, 0.1) is 12.2 Å². The van der Waals surface area contributed by atoms with E-state index in [1.165, 1.54) is 6.20 Å². The predicted molar refractivity (Wildman–Crippen MR) is 78.5 cm³/mol. The van der Waals surface area contributed by atoms with Gasteiger partial charge in [0.1, 0.15) is 5.82 Å². The third-order valence-corrected chi connectivity index (χ3v) is 3.14. The fourth-order valence-corrected chi connectivity index (χ4v) is 2.10. The Morgan fingerprint density at radius 1 is 1.35 bits per heavy atom. The van der Waals surface area contributed by atoms with Gasteiger partial charge in [-0.05, 0) is 6.92 Å². The largest absolute Gasteiger partial charge is 0.478 e. The minimum Gasteiger partial charge on any atom is -0.478 e. The van der Waals surface area contributed by atoms with E-state index in [1.54, 1.807) is 6.07 Å². The number of aromatic carboxylic acids is 1. The Labute approximate surface area is 117 Å². The molecule has 0 aliphatic rings. The number of rotatable bonds is 6. The van der Waals surface area contributed by atoms with E-state index in [9.17, 15) is 9.90 Å². The molecule has 1 heterocycles. The lowest BCUT2D eigenvalue weighted by molar-refractivity contribution is 0.0698. The van der Waals surface area contributed by atoms with E-state index in [1.807, 2.05) is 37.1 Å². The molecule has 5 heteroatoms. The molecule has 0 atom stereocenters. The van der Waals surface area contributed by atoms with Crippen LogP contribution in [-0.4, -0.2) is 42.9 Å². The molecule has 0 spiro atoms. The number of ether oxygens (including phenoxy) is 1. The first-order valence-corrected chi connectivity index (χ1v) is 6.55. The maximum atomic E-state index is 11.2. The van der Waals surface area contributed by atoms with Crippen LogP contribution in [0, 0.1) is 0 Å². The maximum Gasteiger partial charge on any atom is 0.337 e. The average molecular weight is 274 g/mol. The van der Waals surface area contributed by atoms with Crippen LogP contribution in [0.5, 0.6) is 0 Å². The van der Waals surface area contributed by atoms with E-state index in [0.717, 1.165) is 11.2 Å². The summed E-state index contributed by atoms with van der Waals surface area (Å²) in [5.41, 5.74) is 0.225. The average Bonchev–Trinajstić information content (AvgIpc) is 2.46. The van der Waals surface area contributed by atoms with Crippen LogP contribution < -0.4 is 4.90 Å². The van der Waals surface area contributed by atoms with E-state index in [0.29, 0.717) is 25.1 Å². The number of carbonyl (C=O) groups is 1. The number of carboxylic acid groups (broad SMARTS) is 1. The Hall–Kier alpha value is -2.14. The monoisotopic (exact) mass is 274 g/mol. The number of hydrogen-bond donors (Lipinski definition) is 1. The zero-order valence-corrected chi connectivity index (χ0v) is 11.7. The van der Waals surface area contributed by atoms with Crippen molar-refractivity contribution < 1.29 is 14.6 Å². The number of anilines is 1. The van der Waals surface area contributed by atoms with Gasteiger partial charge in [-0.2, -0.15) is 0 Å². The van der Waals surface area contributed by atoms with Gasteiger partial charge in [-0.3, -0.25) is 0 Å². The SMILES string of the molecule is CCOCCN(C)c1ncc(C(=O)O)c2ccccc12. The number of likely N-dealkylation sites (N-methyl/N-ethyl adjacent to an activating group) is 1. The second kappa shape index (κ2) is 6.34. The lowest BCUT2D eigenvalue weighted by atomic mass is 10.1. The van der Waals surface area contributed by atoms with Gasteiger partial charge in [-0.15, -0.1) is 0 Å². The van der Waals surface area contributed by atoms with Gasteiger partial charge in [-0.1, -0.05) is 24.3 Å². The summed E-state index contributed by atoms with van der Waals surface area (Å²) in [6.07, 6.45) is 1.41. The molecule has 20 heavy (non-hydrogen) atoms. The second-order valence-electron chi connectivity index (χ2n) is 4.46. The van der Waals surface area contributed by atoms with Crippen molar-refractivity contribution in [3.8, 4) is 0 Å². The topological polar surface area (TPSA) is 62.7 Å². The van der Waals surface area contributed by atoms with Crippen molar-refractivity contribution >= 4 is 22.6 Å². The van der Waals surface area contributed by atoms with E-state index in [2.05, 4.69) is 4.98 Å². The van der Waals surface area contributed by atoms with Crippen molar-refractivity contribution in [3.05, 3.63) is 36.0 Å². The minimum absolute atomic E-state index is 0.225. The molecule has 106 valence electrons. The first-order valence-electron chi connectivity index (χ1n) is 6.55. The smallest absolute Gasteiger partial charge is 0.337 e. The molecule has 0 aliphatic carbocycles. The van der Waals surface area contributed by atoms with E-state index in [-0.39, 0.29) is 5.56 Å². The standard InChI is InChI=1S/C15H18N2O3/c1-3-20-9-8-17(2)14-12-7-5-4-6-11(12)13(10-16-14)15(18)19/h4-7,10H,3,8-9H2,1-2H3,(H,18,19). The van der Waals surface area contributed by atoms with Crippen LogP contribution in [0.2, 0.25) is 0 Å². The molecular formula is C15H18N2O3. The van der Waals surface area contributed by atoms with Crippen LogP contribution in [0.15, 0.2) is 30.5 Å². The van der Waals surface area contributed by atoms with Crippen molar-refractivity contribution in [2.24, 2.45) is 0 Å². The van der Waals surface area contributed by atoms with E-state index < -0.39 is 5.97 Å². The number of carboxylic acids is 1. The van der Waals surface area contributed by atoms with Crippen molar-refractivity contribution in [2.45, 2.75) is 6.92 Å². The first kappa shape index (κ1) is 14.3. The van der Waals surface area contributed by atoms with Gasteiger partial charge < -0.3 is 14.7 Å². The number of hydrogen-bond acceptors (Lipinski definition) is 4. The molecular weight excluding hydrogens is 256 g/mol. The summed E-state index contributed by atoms with van der Waals surface area (Å²) in [6, 6.07) is 7.41. The van der Waals surface area contributed by atoms with Gasteiger partial charge in [0.15, 0.2) is 0 Å². The van der Waals surface area contributed by atoms with Gasteiger partial charge in [0, 0.05) is 37.2 Å². The molecule has 2 rings (SSSR count). The fraction of sp³-hybridized carbons (Fsp3) is 0.333. The van der Waals surface area contributed by atoms with Crippen LogP contribution in [0.3, 0.4) is 0 Å². The summed E-state index contributed by atoms with van der Waals surface area (Å²) >= 11 is 0. The number of pyridine rings is 1. The quantitative estimate of drug-likeness (QED) is 0.820. The number of benzene rings is 1. The zero-order chi connectivity index (χ0) is 14.5. The Balaban J connectivity index is 2.40. The summed E-state index contributed by atoms with van der Waals surface area (Å²) in [5.74, 6) is -0.192. The predicted octanol–water partition coefficient (Wildman–Crippen LogP) is 2.41. The highest BCUT2D eigenvalue weighted by Gasteiger charge is 2.14. The Morgan fingerprint density at radius 2 is 2.05 bits per heavy atom. The molecule has 5 nitrogen and oxygen atoms in total. The van der Waals surface area contributed by atoms with E-state index in [4.69, 9.17) is 4.74 Å². The minimum atomic E-state index is -0.961. The molecule has 0 saturated heterocycles. The van der Waals surface area contributed by atoms with Gasteiger partial charge >= 0.3 is 5.97 Å². The molecule has 0 amide bonds. The van der Waals surface area contributed by atoms with Crippen LogP contribution in [-0.2, 0) is 4.74 Å². The lowest BCUT2D eigenvalue weighted by Crippen LogP contribution is -2.24. The number of fused-ring (bicyclic) bond motifs is 1. The molecule has 0 unspecified atom stereocenters. The molecule has 1 aromatic heterocycles. The van der Waals surface area contributed by atoms with Crippen LogP contribution in [0.1, 0.15) is 17.3 Å². The molecule has 2 aromatic rings. The Kier molecular flexibility index (Phi) is 4.53. The van der Waals surface area contributed by atoms with Crippen LogP contribution in [0.25, 0.3) is 10.8 Å². The molecule has 1 N–H and O–H groups in total. The third kappa shape index (κ3) is 2.88. The van der Waals surface area contributed by atoms with Crippen molar-refractivity contribution in [1.82, 2.24) is 4.98 Å². The molecule has 0 radical (unpaired) electrons.